The van der Waals surface area contributed by atoms with Crippen LogP contribution in [0.25, 0.3) is 11.2 Å². The van der Waals surface area contributed by atoms with E-state index in [4.69, 9.17) is 10.5 Å². The van der Waals surface area contributed by atoms with E-state index in [1.165, 1.54) is 12.7 Å². The second-order valence-electron chi connectivity index (χ2n) is 6.01. The Bertz CT molecular complexity index is 696. The first-order chi connectivity index (χ1) is 11.5. The van der Waals surface area contributed by atoms with Gasteiger partial charge in [0, 0.05) is 18.1 Å². The van der Waals surface area contributed by atoms with Gasteiger partial charge in [-0.2, -0.15) is 11.8 Å². The third-order valence-corrected chi connectivity index (χ3v) is 5.00. The predicted molar refractivity (Wildman–Crippen MR) is 91.5 cm³/mol. The summed E-state index contributed by atoms with van der Waals surface area (Å²) in [5.74, 6) is 1.80. The highest BCUT2D eigenvalue weighted by molar-refractivity contribution is 7.99. The quantitative estimate of drug-likeness (QED) is 0.579. The number of nitrogen functional groups attached to an aromatic ring is 1. The van der Waals surface area contributed by atoms with Gasteiger partial charge in [-0.15, -0.1) is 0 Å². The van der Waals surface area contributed by atoms with E-state index in [9.17, 15) is 10.2 Å². The van der Waals surface area contributed by atoms with Crippen molar-refractivity contribution in [3.63, 3.8) is 0 Å². The molecule has 0 bridgehead atoms. The fourth-order valence-electron chi connectivity index (χ4n) is 2.60. The Labute approximate surface area is 143 Å². The minimum Gasteiger partial charge on any atom is -0.387 e. The molecule has 0 spiro atoms. The molecule has 10 heteroatoms. The van der Waals surface area contributed by atoms with E-state index in [-0.39, 0.29) is 5.82 Å². The number of fused-ring (bicyclic) bond motifs is 1. The summed E-state index contributed by atoms with van der Waals surface area (Å²) in [4.78, 5) is 14.3. The van der Waals surface area contributed by atoms with E-state index in [0.717, 1.165) is 12.3 Å². The van der Waals surface area contributed by atoms with Crippen LogP contribution in [0.15, 0.2) is 12.7 Å². The monoisotopic (exact) mass is 354 g/mol. The molecule has 2 aromatic heterocycles. The highest BCUT2D eigenvalue weighted by atomic mass is 32.2. The Hall–Kier alpha value is -1.46. The SMILES string of the molecule is CN(C)CCSCC1OC(n2cnc3c(N)ncnc32)C(O)C1O. The normalized spacial score (nSPS) is 27.4. The molecule has 24 heavy (non-hydrogen) atoms. The van der Waals surface area contributed by atoms with Gasteiger partial charge in [0.1, 0.15) is 24.1 Å². The van der Waals surface area contributed by atoms with Crippen LogP contribution < -0.4 is 5.73 Å². The molecule has 9 nitrogen and oxygen atoms in total. The second-order valence-corrected chi connectivity index (χ2v) is 7.16. The molecular weight excluding hydrogens is 332 g/mol. The van der Waals surface area contributed by atoms with Crippen LogP contribution in [0.5, 0.6) is 0 Å². The van der Waals surface area contributed by atoms with E-state index in [2.05, 4.69) is 19.9 Å². The molecule has 132 valence electrons. The lowest BCUT2D eigenvalue weighted by molar-refractivity contribution is -0.0289. The first-order valence-corrected chi connectivity index (χ1v) is 8.81. The molecule has 1 aliphatic heterocycles. The van der Waals surface area contributed by atoms with Crippen LogP contribution in [-0.2, 0) is 4.74 Å². The van der Waals surface area contributed by atoms with Crippen molar-refractivity contribution in [2.24, 2.45) is 0 Å². The maximum Gasteiger partial charge on any atom is 0.167 e. The number of hydrogen-bond acceptors (Lipinski definition) is 9. The third-order valence-electron chi connectivity index (χ3n) is 3.96. The van der Waals surface area contributed by atoms with Crippen molar-refractivity contribution < 1.29 is 14.9 Å². The van der Waals surface area contributed by atoms with Crippen LogP contribution in [-0.4, -0.2) is 85.1 Å². The van der Waals surface area contributed by atoms with E-state index < -0.39 is 24.5 Å². The summed E-state index contributed by atoms with van der Waals surface area (Å²) in [5, 5.41) is 20.6. The van der Waals surface area contributed by atoms with Crippen LogP contribution >= 0.6 is 11.8 Å². The zero-order valence-electron chi connectivity index (χ0n) is 13.6. The molecule has 4 atom stereocenters. The zero-order valence-corrected chi connectivity index (χ0v) is 14.4. The fourth-order valence-corrected chi connectivity index (χ4v) is 3.77. The Morgan fingerprint density at radius 1 is 1.29 bits per heavy atom. The minimum absolute atomic E-state index is 0.266. The molecule has 4 N–H and O–H groups in total. The fraction of sp³-hybridized carbons (Fsp3) is 0.643. The Balaban J connectivity index is 1.71. The number of nitrogens with zero attached hydrogens (tertiary/aromatic N) is 5. The molecular formula is C14H22N6O3S. The maximum atomic E-state index is 10.4. The molecule has 3 heterocycles. The number of aliphatic hydroxyl groups is 2. The van der Waals surface area contributed by atoms with Gasteiger partial charge in [0.05, 0.1) is 12.4 Å². The first-order valence-electron chi connectivity index (χ1n) is 7.66. The van der Waals surface area contributed by atoms with Gasteiger partial charge in [0.15, 0.2) is 17.7 Å². The molecule has 0 aliphatic carbocycles. The number of imidazole rings is 1. The Kier molecular flexibility index (Phi) is 5.21. The molecule has 0 radical (unpaired) electrons. The number of aliphatic hydroxyl groups excluding tert-OH is 2. The highest BCUT2D eigenvalue weighted by Gasteiger charge is 2.44. The zero-order chi connectivity index (χ0) is 17.3. The van der Waals surface area contributed by atoms with Crippen LogP contribution in [0.4, 0.5) is 5.82 Å². The molecule has 0 saturated carbocycles. The van der Waals surface area contributed by atoms with Crippen molar-refractivity contribution >= 4 is 28.7 Å². The van der Waals surface area contributed by atoms with Crippen molar-refractivity contribution in [2.45, 2.75) is 24.5 Å². The van der Waals surface area contributed by atoms with Crippen molar-refractivity contribution in [1.29, 1.82) is 0 Å². The molecule has 4 unspecified atom stereocenters. The summed E-state index contributed by atoms with van der Waals surface area (Å²) in [6.07, 6.45) is -0.385. The third kappa shape index (κ3) is 3.33. The van der Waals surface area contributed by atoms with Crippen molar-refractivity contribution in [2.75, 3.05) is 37.9 Å². The molecule has 1 aliphatic rings. The molecule has 1 saturated heterocycles. The topological polar surface area (TPSA) is 123 Å². The largest absolute Gasteiger partial charge is 0.387 e. The predicted octanol–water partition coefficient (Wildman–Crippen LogP) is -0.677. The Morgan fingerprint density at radius 3 is 2.83 bits per heavy atom. The number of nitrogens with two attached hydrogens (primary N) is 1. The molecule has 1 fully saturated rings. The lowest BCUT2D eigenvalue weighted by atomic mass is 10.1. The van der Waals surface area contributed by atoms with Crippen LogP contribution in [0.3, 0.4) is 0 Å². The lowest BCUT2D eigenvalue weighted by Crippen LogP contribution is -2.32. The van der Waals surface area contributed by atoms with Gasteiger partial charge < -0.3 is 25.6 Å². The number of ether oxygens (including phenoxy) is 1. The first kappa shape index (κ1) is 17.4. The highest BCUT2D eigenvalue weighted by Crippen LogP contribution is 2.33. The minimum atomic E-state index is -1.06. The van der Waals surface area contributed by atoms with E-state index >= 15 is 0 Å². The van der Waals surface area contributed by atoms with Crippen LogP contribution in [0, 0.1) is 0 Å². The summed E-state index contributed by atoms with van der Waals surface area (Å²) in [6.45, 7) is 0.946. The van der Waals surface area contributed by atoms with Gasteiger partial charge in [-0.25, -0.2) is 15.0 Å². The van der Waals surface area contributed by atoms with Crippen molar-refractivity contribution in [1.82, 2.24) is 24.4 Å². The average molecular weight is 354 g/mol. The van der Waals surface area contributed by atoms with E-state index in [1.54, 1.807) is 16.3 Å². The van der Waals surface area contributed by atoms with Gasteiger partial charge in [0.2, 0.25) is 0 Å². The average Bonchev–Trinajstić information content (AvgIpc) is 3.08. The summed E-state index contributed by atoms with van der Waals surface area (Å²) in [7, 11) is 4.03. The van der Waals surface area contributed by atoms with Crippen LogP contribution in [0.1, 0.15) is 6.23 Å². The van der Waals surface area contributed by atoms with Gasteiger partial charge in [-0.3, -0.25) is 4.57 Å². The van der Waals surface area contributed by atoms with E-state index in [0.29, 0.717) is 16.9 Å². The lowest BCUT2D eigenvalue weighted by Gasteiger charge is -2.16. The summed E-state index contributed by atoms with van der Waals surface area (Å²) in [6, 6.07) is 0. The smallest absolute Gasteiger partial charge is 0.167 e. The molecule has 3 rings (SSSR count). The Morgan fingerprint density at radius 2 is 2.08 bits per heavy atom. The van der Waals surface area contributed by atoms with Crippen LogP contribution in [0.2, 0.25) is 0 Å². The molecule has 0 amide bonds. The standard InChI is InChI=1S/C14H22N6O3S/c1-19(2)3-4-24-5-8-10(21)11(22)14(23-8)20-7-18-9-12(15)16-6-17-13(9)20/h6-8,10-11,14,21-22H,3-5H2,1-2H3,(H2,15,16,17). The number of thioether (sulfide) groups is 1. The molecule has 2 aromatic rings. The second kappa shape index (κ2) is 7.19. The number of aromatic nitrogens is 4. The molecule has 0 aromatic carbocycles. The van der Waals surface area contributed by atoms with Gasteiger partial charge in [-0.1, -0.05) is 0 Å². The number of anilines is 1. The summed E-state index contributed by atoms with van der Waals surface area (Å²) >= 11 is 1.68. The summed E-state index contributed by atoms with van der Waals surface area (Å²) in [5.41, 5.74) is 6.70. The van der Waals surface area contributed by atoms with Gasteiger partial charge in [-0.05, 0) is 14.1 Å². The van der Waals surface area contributed by atoms with Crippen molar-refractivity contribution in [3.05, 3.63) is 12.7 Å². The number of rotatable bonds is 6. The maximum absolute atomic E-state index is 10.4. The number of hydrogen-bond donors (Lipinski definition) is 3. The van der Waals surface area contributed by atoms with Gasteiger partial charge in [0.25, 0.3) is 0 Å². The van der Waals surface area contributed by atoms with Crippen molar-refractivity contribution in [3.8, 4) is 0 Å². The van der Waals surface area contributed by atoms with Gasteiger partial charge >= 0.3 is 0 Å². The van der Waals surface area contributed by atoms with E-state index in [1.807, 2.05) is 14.1 Å². The summed E-state index contributed by atoms with van der Waals surface area (Å²) < 4.78 is 7.46.